The monoisotopic (exact) mass is 304 g/mol. The van der Waals surface area contributed by atoms with E-state index in [0.717, 1.165) is 19.4 Å². The Bertz CT molecular complexity index is 393. The Labute approximate surface area is 123 Å². The third kappa shape index (κ3) is 4.69. The zero-order valence-corrected chi connectivity index (χ0v) is 13.4. The number of ether oxygens (including phenoxy) is 1. The number of nitrogens with one attached hydrogen (secondary N) is 1. The van der Waals surface area contributed by atoms with Crippen LogP contribution in [0.1, 0.15) is 33.6 Å². The first-order valence-electron chi connectivity index (χ1n) is 6.42. The summed E-state index contributed by atoms with van der Waals surface area (Å²) in [5.41, 5.74) is 0. The minimum absolute atomic E-state index is 0.142. The van der Waals surface area contributed by atoms with E-state index in [0.29, 0.717) is 12.6 Å². The van der Waals surface area contributed by atoms with Gasteiger partial charge < -0.3 is 10.1 Å². The van der Waals surface area contributed by atoms with Gasteiger partial charge in [0.05, 0.1) is 6.61 Å². The van der Waals surface area contributed by atoms with Crippen LogP contribution in [0.2, 0.25) is 5.28 Å². The summed E-state index contributed by atoms with van der Waals surface area (Å²) >= 11 is 7.71. The molecular weight excluding hydrogens is 284 g/mol. The number of halogens is 1. The van der Waals surface area contributed by atoms with E-state index in [1.807, 2.05) is 18.7 Å². The second kappa shape index (κ2) is 7.75. The Morgan fingerprint density at radius 3 is 2.42 bits per heavy atom. The van der Waals surface area contributed by atoms with Crippen LogP contribution in [0.3, 0.4) is 0 Å². The lowest BCUT2D eigenvalue weighted by molar-refractivity contribution is 0.312. The molecule has 1 aromatic rings. The normalized spacial score (nSPS) is 11.4. The average Bonchev–Trinajstić information content (AvgIpc) is 2.41. The van der Waals surface area contributed by atoms with E-state index in [9.17, 15) is 0 Å². The highest BCUT2D eigenvalue weighted by Crippen LogP contribution is 2.30. The fourth-order valence-corrected chi connectivity index (χ4v) is 2.65. The number of thioether (sulfide) groups is 1. The highest BCUT2D eigenvalue weighted by atomic mass is 35.5. The summed E-state index contributed by atoms with van der Waals surface area (Å²) in [6, 6.07) is 0.257. The zero-order valence-electron chi connectivity index (χ0n) is 11.9. The number of anilines is 1. The van der Waals surface area contributed by atoms with Crippen LogP contribution in [-0.2, 0) is 0 Å². The van der Waals surface area contributed by atoms with Gasteiger partial charge in [-0.3, -0.25) is 0 Å². The largest absolute Gasteiger partial charge is 0.464 e. The maximum atomic E-state index is 5.85. The summed E-state index contributed by atoms with van der Waals surface area (Å²) in [6.45, 7) is 7.53. The molecule has 0 atom stereocenters. The van der Waals surface area contributed by atoms with Gasteiger partial charge in [0, 0.05) is 11.3 Å². The van der Waals surface area contributed by atoms with E-state index in [4.69, 9.17) is 16.3 Å². The van der Waals surface area contributed by atoms with Gasteiger partial charge in [-0.15, -0.1) is 0 Å². The van der Waals surface area contributed by atoms with Gasteiger partial charge in [-0.1, -0.05) is 13.8 Å². The summed E-state index contributed by atoms with van der Waals surface area (Å²) in [6.07, 6.45) is 4.28. The Balaban J connectivity index is 2.76. The summed E-state index contributed by atoms with van der Waals surface area (Å²) in [7, 11) is 0. The summed E-state index contributed by atoms with van der Waals surface area (Å²) in [5.74, 6) is 0.462. The van der Waals surface area contributed by atoms with E-state index in [1.54, 1.807) is 0 Å². The predicted molar refractivity (Wildman–Crippen MR) is 81.3 cm³/mol. The average molecular weight is 305 g/mol. The molecule has 0 bridgehead atoms. The topological polar surface area (TPSA) is 59.9 Å². The molecule has 19 heavy (non-hydrogen) atoms. The number of rotatable bonds is 8. The van der Waals surface area contributed by atoms with Crippen molar-refractivity contribution in [1.82, 2.24) is 15.0 Å². The van der Waals surface area contributed by atoms with Crippen molar-refractivity contribution in [2.75, 3.05) is 24.7 Å². The van der Waals surface area contributed by atoms with Gasteiger partial charge in [0.25, 0.3) is 0 Å². The highest BCUT2D eigenvalue weighted by Gasteiger charge is 2.25. The number of hydrogen-bond acceptors (Lipinski definition) is 6. The van der Waals surface area contributed by atoms with Crippen LogP contribution >= 0.6 is 23.4 Å². The van der Waals surface area contributed by atoms with Gasteiger partial charge >= 0.3 is 6.01 Å². The molecular formula is C12H21ClN4OS. The van der Waals surface area contributed by atoms with Gasteiger partial charge in [-0.25, -0.2) is 0 Å². The van der Waals surface area contributed by atoms with E-state index in [1.165, 1.54) is 0 Å². The van der Waals surface area contributed by atoms with Gasteiger partial charge in [0.15, 0.2) is 0 Å². The van der Waals surface area contributed by atoms with Crippen molar-refractivity contribution in [1.29, 1.82) is 0 Å². The lowest BCUT2D eigenvalue weighted by Crippen LogP contribution is -2.32. The van der Waals surface area contributed by atoms with Crippen molar-refractivity contribution in [3.63, 3.8) is 0 Å². The quantitative estimate of drug-likeness (QED) is 0.795. The molecule has 0 unspecified atom stereocenters. The van der Waals surface area contributed by atoms with Crippen molar-refractivity contribution in [3.05, 3.63) is 5.28 Å². The molecule has 1 heterocycles. The Hall–Kier alpha value is -0.750. The summed E-state index contributed by atoms with van der Waals surface area (Å²) in [5, 5.41) is 3.37. The molecule has 0 saturated heterocycles. The molecule has 7 heteroatoms. The van der Waals surface area contributed by atoms with Crippen molar-refractivity contribution in [2.24, 2.45) is 0 Å². The number of nitrogens with zero attached hydrogens (tertiary/aromatic N) is 3. The van der Waals surface area contributed by atoms with Crippen LogP contribution in [0.25, 0.3) is 0 Å². The van der Waals surface area contributed by atoms with Gasteiger partial charge in [-0.2, -0.15) is 26.7 Å². The minimum atomic E-state index is 0.142. The molecule has 1 aromatic heterocycles. The molecule has 1 rings (SSSR count). The molecule has 0 aliphatic heterocycles. The maximum absolute atomic E-state index is 5.85. The molecule has 0 fully saturated rings. The van der Waals surface area contributed by atoms with E-state index >= 15 is 0 Å². The van der Waals surface area contributed by atoms with Crippen LogP contribution in [0.5, 0.6) is 6.01 Å². The second-order valence-corrected chi connectivity index (χ2v) is 5.70. The van der Waals surface area contributed by atoms with Gasteiger partial charge in [0.1, 0.15) is 0 Å². The first-order valence-corrected chi connectivity index (χ1v) is 8.02. The highest BCUT2D eigenvalue weighted by molar-refractivity contribution is 8.00. The smallest absolute Gasteiger partial charge is 0.322 e. The number of aromatic nitrogens is 3. The molecule has 0 saturated carbocycles. The van der Waals surface area contributed by atoms with Crippen LogP contribution in [0.4, 0.5) is 5.95 Å². The molecule has 0 amide bonds. The standard InChI is InChI=1S/C12H21ClN4OS/c1-5-12(6-2,19-4)8-14-10-15-9(13)16-11(17-10)18-7-3/h5-8H2,1-4H3,(H,14,15,16,17). The zero-order chi connectivity index (χ0) is 14.3. The molecule has 5 nitrogen and oxygen atoms in total. The van der Waals surface area contributed by atoms with Crippen molar-refractivity contribution >= 4 is 29.3 Å². The Morgan fingerprint density at radius 2 is 1.89 bits per heavy atom. The minimum Gasteiger partial charge on any atom is -0.464 e. The van der Waals surface area contributed by atoms with Gasteiger partial charge in [-0.05, 0) is 37.6 Å². The third-order valence-electron chi connectivity index (χ3n) is 3.15. The van der Waals surface area contributed by atoms with E-state index in [-0.39, 0.29) is 16.0 Å². The van der Waals surface area contributed by atoms with Crippen LogP contribution in [0.15, 0.2) is 0 Å². The first-order chi connectivity index (χ1) is 9.09. The van der Waals surface area contributed by atoms with E-state index < -0.39 is 0 Å². The fraction of sp³-hybridized carbons (Fsp3) is 0.750. The molecule has 0 aliphatic rings. The molecule has 0 aliphatic carbocycles. The molecule has 0 radical (unpaired) electrons. The molecule has 0 aromatic carbocycles. The van der Waals surface area contributed by atoms with Crippen molar-refractivity contribution in [2.45, 2.75) is 38.4 Å². The molecule has 108 valence electrons. The van der Waals surface area contributed by atoms with Crippen LogP contribution in [-0.4, -0.2) is 39.1 Å². The summed E-state index contributed by atoms with van der Waals surface area (Å²) < 4.78 is 5.43. The van der Waals surface area contributed by atoms with Crippen LogP contribution in [0, 0.1) is 0 Å². The molecule has 1 N–H and O–H groups in total. The third-order valence-corrected chi connectivity index (χ3v) is 4.91. The lowest BCUT2D eigenvalue weighted by Gasteiger charge is -2.29. The maximum Gasteiger partial charge on any atom is 0.322 e. The molecule has 0 spiro atoms. The Morgan fingerprint density at radius 1 is 1.21 bits per heavy atom. The van der Waals surface area contributed by atoms with Crippen molar-refractivity contribution in [3.8, 4) is 6.01 Å². The van der Waals surface area contributed by atoms with Crippen LogP contribution < -0.4 is 10.1 Å². The van der Waals surface area contributed by atoms with Crippen molar-refractivity contribution < 1.29 is 4.74 Å². The lowest BCUT2D eigenvalue weighted by atomic mass is 10.0. The number of hydrogen-bond donors (Lipinski definition) is 1. The second-order valence-electron chi connectivity index (χ2n) is 4.09. The first kappa shape index (κ1) is 16.3. The fourth-order valence-electron chi connectivity index (χ4n) is 1.71. The predicted octanol–water partition coefficient (Wildman–Crippen LogP) is 3.26. The Kier molecular flexibility index (Phi) is 6.65. The van der Waals surface area contributed by atoms with Gasteiger partial charge in [0.2, 0.25) is 11.2 Å². The SMILES string of the molecule is CCOc1nc(Cl)nc(NCC(CC)(CC)SC)n1. The summed E-state index contributed by atoms with van der Waals surface area (Å²) in [4.78, 5) is 12.1. The van der Waals surface area contributed by atoms with E-state index in [2.05, 4.69) is 40.4 Å².